The third kappa shape index (κ3) is 6.05. The lowest BCUT2D eigenvalue weighted by atomic mass is 10.1. The lowest BCUT2D eigenvalue weighted by Gasteiger charge is -2.19. The van der Waals surface area contributed by atoms with Gasteiger partial charge < -0.3 is 14.8 Å². The van der Waals surface area contributed by atoms with Gasteiger partial charge in [-0.05, 0) is 42.7 Å². The molecule has 2 aromatic rings. The second-order valence-corrected chi connectivity index (χ2v) is 7.99. The molecule has 0 saturated heterocycles. The van der Waals surface area contributed by atoms with Crippen LogP contribution in [0.25, 0.3) is 0 Å². The number of benzene rings is 2. The molecule has 0 bridgehead atoms. The van der Waals surface area contributed by atoms with E-state index in [0.29, 0.717) is 24.5 Å². The van der Waals surface area contributed by atoms with Crippen LogP contribution in [-0.4, -0.2) is 47.7 Å². The third-order valence-corrected chi connectivity index (χ3v) is 5.65. The van der Waals surface area contributed by atoms with E-state index in [1.54, 1.807) is 13.0 Å². The van der Waals surface area contributed by atoms with Crippen molar-refractivity contribution < 1.29 is 22.7 Å². The molecule has 0 aliphatic heterocycles. The molecule has 0 saturated carbocycles. The largest absolute Gasteiger partial charge is 0.496 e. The highest BCUT2D eigenvalue weighted by Gasteiger charge is 2.26. The van der Waals surface area contributed by atoms with Crippen LogP contribution >= 0.6 is 0 Å². The number of hydrogen-bond donors (Lipinski definition) is 2. The van der Waals surface area contributed by atoms with E-state index in [1.165, 1.54) is 26.4 Å². The van der Waals surface area contributed by atoms with Crippen LogP contribution in [0.1, 0.15) is 11.1 Å². The minimum absolute atomic E-state index is 0.0774. The Labute approximate surface area is 166 Å². The summed E-state index contributed by atoms with van der Waals surface area (Å²) in [5, 5.41) is 2.70. The van der Waals surface area contributed by atoms with Crippen molar-refractivity contribution in [3.8, 4) is 5.75 Å². The predicted molar refractivity (Wildman–Crippen MR) is 107 cm³/mol. The summed E-state index contributed by atoms with van der Waals surface area (Å²) in [5.41, 5.74) is 1.54. The maximum atomic E-state index is 12.9. The highest BCUT2D eigenvalue weighted by atomic mass is 32.2. The zero-order chi connectivity index (χ0) is 20.6. The van der Waals surface area contributed by atoms with Gasteiger partial charge in [-0.3, -0.25) is 4.79 Å². The fourth-order valence-electron chi connectivity index (χ4n) is 2.71. The number of rotatable bonds is 10. The number of amides is 1. The highest BCUT2D eigenvalue weighted by molar-refractivity contribution is 7.89. The van der Waals surface area contributed by atoms with Crippen molar-refractivity contribution >= 4 is 15.9 Å². The minimum Gasteiger partial charge on any atom is -0.496 e. The molecular weight excluding hydrogens is 380 g/mol. The molecule has 0 aromatic heterocycles. The van der Waals surface area contributed by atoms with Gasteiger partial charge in [0.1, 0.15) is 11.8 Å². The normalized spacial score (nSPS) is 12.4. The van der Waals surface area contributed by atoms with Crippen molar-refractivity contribution in [2.75, 3.05) is 27.4 Å². The molecule has 1 atom stereocenters. The molecule has 0 unspecified atom stereocenters. The number of carbonyl (C=O) groups is 1. The fraction of sp³-hybridized carbons (Fsp3) is 0.350. The molecular formula is C20H26N2O5S. The Balaban J connectivity index is 2.24. The molecule has 2 N–H and O–H groups in total. The number of nitrogens with one attached hydrogen (secondary N) is 2. The molecule has 2 rings (SSSR count). The van der Waals surface area contributed by atoms with Gasteiger partial charge >= 0.3 is 0 Å². The molecule has 0 aliphatic rings. The number of carbonyl (C=O) groups excluding carboxylic acids is 1. The monoisotopic (exact) mass is 406 g/mol. The summed E-state index contributed by atoms with van der Waals surface area (Å²) < 4.78 is 38.4. The van der Waals surface area contributed by atoms with E-state index in [9.17, 15) is 13.2 Å². The molecule has 0 fully saturated rings. The summed E-state index contributed by atoms with van der Waals surface area (Å²) in [7, 11) is -0.847. The van der Waals surface area contributed by atoms with E-state index in [0.717, 1.165) is 5.56 Å². The molecule has 28 heavy (non-hydrogen) atoms. The smallest absolute Gasteiger partial charge is 0.241 e. The van der Waals surface area contributed by atoms with Crippen molar-refractivity contribution in [1.29, 1.82) is 0 Å². The highest BCUT2D eigenvalue weighted by Crippen LogP contribution is 2.21. The Morgan fingerprint density at radius 2 is 1.82 bits per heavy atom. The summed E-state index contributed by atoms with van der Waals surface area (Å²) in [5.74, 6) is 0.187. The molecule has 0 spiro atoms. The van der Waals surface area contributed by atoms with Gasteiger partial charge in [-0.1, -0.05) is 30.3 Å². The number of hydrogen-bond acceptors (Lipinski definition) is 5. The molecule has 8 heteroatoms. The molecule has 2 aromatic carbocycles. The SMILES string of the molecule is COCCNC(=O)[C@H](Cc1ccccc1)NS(=O)(=O)c1ccc(OC)c(C)c1. The zero-order valence-corrected chi connectivity index (χ0v) is 17.1. The summed E-state index contributed by atoms with van der Waals surface area (Å²) in [6.45, 7) is 2.40. The van der Waals surface area contributed by atoms with Crippen LogP contribution in [0.15, 0.2) is 53.4 Å². The van der Waals surface area contributed by atoms with Gasteiger partial charge in [0.05, 0.1) is 18.6 Å². The topological polar surface area (TPSA) is 93.7 Å². The van der Waals surface area contributed by atoms with Crippen LogP contribution in [0.2, 0.25) is 0 Å². The fourth-order valence-corrected chi connectivity index (χ4v) is 3.99. The van der Waals surface area contributed by atoms with E-state index in [4.69, 9.17) is 9.47 Å². The Morgan fingerprint density at radius 3 is 2.43 bits per heavy atom. The Bertz CT molecular complexity index is 885. The van der Waals surface area contributed by atoms with Crippen LogP contribution in [0.5, 0.6) is 5.75 Å². The van der Waals surface area contributed by atoms with Crippen LogP contribution < -0.4 is 14.8 Å². The van der Waals surface area contributed by atoms with Gasteiger partial charge in [-0.15, -0.1) is 0 Å². The Kier molecular flexibility index (Phi) is 7.98. The van der Waals surface area contributed by atoms with Crippen molar-refractivity contribution in [1.82, 2.24) is 10.0 Å². The lowest BCUT2D eigenvalue weighted by Crippen LogP contribution is -2.48. The number of ether oxygens (including phenoxy) is 2. The van der Waals surface area contributed by atoms with Gasteiger partial charge in [0.15, 0.2) is 0 Å². The second kappa shape index (κ2) is 10.2. The zero-order valence-electron chi connectivity index (χ0n) is 16.3. The van der Waals surface area contributed by atoms with Crippen molar-refractivity contribution in [3.63, 3.8) is 0 Å². The molecule has 1 amide bonds. The number of aryl methyl sites for hydroxylation is 1. The Morgan fingerprint density at radius 1 is 1.11 bits per heavy atom. The first-order valence-electron chi connectivity index (χ1n) is 8.85. The maximum Gasteiger partial charge on any atom is 0.241 e. The van der Waals surface area contributed by atoms with E-state index in [1.807, 2.05) is 30.3 Å². The van der Waals surface area contributed by atoms with E-state index < -0.39 is 22.0 Å². The van der Waals surface area contributed by atoms with Gasteiger partial charge in [-0.25, -0.2) is 8.42 Å². The summed E-state index contributed by atoms with van der Waals surface area (Å²) in [6, 6.07) is 12.9. The van der Waals surface area contributed by atoms with Crippen LogP contribution in [-0.2, 0) is 26.0 Å². The van der Waals surface area contributed by atoms with Gasteiger partial charge in [0.25, 0.3) is 0 Å². The number of sulfonamides is 1. The molecule has 0 aliphatic carbocycles. The molecule has 0 radical (unpaired) electrons. The lowest BCUT2D eigenvalue weighted by molar-refractivity contribution is -0.122. The van der Waals surface area contributed by atoms with Gasteiger partial charge in [0.2, 0.25) is 15.9 Å². The van der Waals surface area contributed by atoms with Gasteiger partial charge in [-0.2, -0.15) is 4.72 Å². The first kappa shape index (κ1) is 21.9. The average Bonchev–Trinajstić information content (AvgIpc) is 2.68. The summed E-state index contributed by atoms with van der Waals surface area (Å²) in [4.78, 5) is 12.7. The minimum atomic E-state index is -3.90. The van der Waals surface area contributed by atoms with Gasteiger partial charge in [0, 0.05) is 13.7 Å². The van der Waals surface area contributed by atoms with Crippen LogP contribution in [0, 0.1) is 6.92 Å². The predicted octanol–water partition coefficient (Wildman–Crippen LogP) is 1.66. The van der Waals surface area contributed by atoms with Crippen molar-refractivity contribution in [2.45, 2.75) is 24.3 Å². The Hall–Kier alpha value is -2.42. The van der Waals surface area contributed by atoms with E-state index in [2.05, 4.69) is 10.0 Å². The summed E-state index contributed by atoms with van der Waals surface area (Å²) in [6.07, 6.45) is 0.230. The van der Waals surface area contributed by atoms with Crippen molar-refractivity contribution in [2.24, 2.45) is 0 Å². The van der Waals surface area contributed by atoms with E-state index in [-0.39, 0.29) is 11.3 Å². The van der Waals surface area contributed by atoms with Crippen LogP contribution in [0.4, 0.5) is 0 Å². The maximum absolute atomic E-state index is 12.9. The number of methoxy groups -OCH3 is 2. The van der Waals surface area contributed by atoms with Crippen LogP contribution in [0.3, 0.4) is 0 Å². The molecule has 7 nitrogen and oxygen atoms in total. The van der Waals surface area contributed by atoms with Crippen molar-refractivity contribution in [3.05, 3.63) is 59.7 Å². The second-order valence-electron chi connectivity index (χ2n) is 6.28. The molecule has 0 heterocycles. The standard InChI is InChI=1S/C20H26N2O5S/c1-15-13-17(9-10-19(15)27-3)28(24,25)22-18(20(23)21-11-12-26-2)14-16-7-5-4-6-8-16/h4-10,13,18,22H,11-12,14H2,1-3H3,(H,21,23)/t18-/m0/s1. The van der Waals surface area contributed by atoms with E-state index >= 15 is 0 Å². The average molecular weight is 407 g/mol. The summed E-state index contributed by atoms with van der Waals surface area (Å²) >= 11 is 0. The molecule has 152 valence electrons. The first-order chi connectivity index (χ1) is 13.4. The quantitative estimate of drug-likeness (QED) is 0.585. The first-order valence-corrected chi connectivity index (χ1v) is 10.3. The third-order valence-electron chi connectivity index (χ3n) is 4.18.